The van der Waals surface area contributed by atoms with Gasteiger partial charge in [0.05, 0.1) is 34.2 Å². The van der Waals surface area contributed by atoms with Gasteiger partial charge in [-0.3, -0.25) is 0 Å². The van der Waals surface area contributed by atoms with Crippen molar-refractivity contribution in [3.05, 3.63) is 23.1 Å². The van der Waals surface area contributed by atoms with Crippen LogP contribution in [0.1, 0.15) is 63.3 Å². The molecule has 0 unspecified atom stereocenters. The van der Waals surface area contributed by atoms with E-state index in [9.17, 15) is 0 Å². The maximum absolute atomic E-state index is 6.14. The molecule has 5 rings (SSSR count). The molecule has 2 aliphatic rings. The van der Waals surface area contributed by atoms with Gasteiger partial charge in [-0.25, -0.2) is 15.0 Å². The predicted molar refractivity (Wildman–Crippen MR) is 117 cm³/mol. The molecule has 29 heavy (non-hydrogen) atoms. The fourth-order valence-electron chi connectivity index (χ4n) is 4.45. The lowest BCUT2D eigenvalue weighted by atomic mass is 9.87. The molecule has 1 atom stereocenters. The summed E-state index contributed by atoms with van der Waals surface area (Å²) in [5.41, 5.74) is 4.57. The van der Waals surface area contributed by atoms with Crippen LogP contribution in [0, 0.1) is 0 Å². The summed E-state index contributed by atoms with van der Waals surface area (Å²) >= 11 is 1.70. The molecule has 2 aliphatic heterocycles. The second kappa shape index (κ2) is 7.15. The summed E-state index contributed by atoms with van der Waals surface area (Å²) in [6.45, 7) is 11.0. The molecule has 3 aromatic heterocycles. The van der Waals surface area contributed by atoms with Crippen LogP contribution in [0.4, 0.5) is 5.82 Å². The minimum atomic E-state index is -0.183. The van der Waals surface area contributed by atoms with Crippen LogP contribution in [-0.2, 0) is 22.5 Å². The Morgan fingerprint density at radius 3 is 2.90 bits per heavy atom. The molecule has 0 aliphatic carbocycles. The van der Waals surface area contributed by atoms with E-state index < -0.39 is 0 Å². The van der Waals surface area contributed by atoms with E-state index in [1.54, 1.807) is 17.7 Å². The Kier molecular flexibility index (Phi) is 4.72. The van der Waals surface area contributed by atoms with E-state index >= 15 is 0 Å². The average Bonchev–Trinajstić information content (AvgIpc) is 3.32. The first-order valence-electron chi connectivity index (χ1n) is 10.5. The molecule has 0 radical (unpaired) electrons. The van der Waals surface area contributed by atoms with Gasteiger partial charge in [0.1, 0.15) is 17.0 Å². The molecule has 6 nitrogen and oxygen atoms in total. The minimum Gasteiger partial charge on any atom is -0.376 e. The third-order valence-electron chi connectivity index (χ3n) is 5.93. The molecule has 1 saturated heterocycles. The number of fused-ring (bicyclic) bond motifs is 5. The zero-order chi connectivity index (χ0) is 20.2. The molecule has 0 bridgehead atoms. The topological polar surface area (TPSA) is 69.2 Å². The van der Waals surface area contributed by atoms with Gasteiger partial charge in [-0.2, -0.15) is 0 Å². The fraction of sp³-hybridized carbons (Fsp3) is 0.591. The first-order chi connectivity index (χ1) is 13.9. The number of nitrogens with zero attached hydrogens (tertiary/aromatic N) is 3. The fourth-order valence-corrected chi connectivity index (χ4v) is 5.58. The van der Waals surface area contributed by atoms with Crippen molar-refractivity contribution in [3.63, 3.8) is 0 Å². The van der Waals surface area contributed by atoms with Gasteiger partial charge in [0, 0.05) is 30.5 Å². The van der Waals surface area contributed by atoms with Crippen molar-refractivity contribution in [1.82, 2.24) is 15.0 Å². The molecule has 3 aromatic rings. The second-order valence-corrected chi connectivity index (χ2v) is 10.0. The van der Waals surface area contributed by atoms with Crippen LogP contribution >= 0.6 is 11.3 Å². The summed E-state index contributed by atoms with van der Waals surface area (Å²) in [5, 5.41) is 4.69. The van der Waals surface area contributed by atoms with Gasteiger partial charge < -0.3 is 14.8 Å². The minimum absolute atomic E-state index is 0.183. The van der Waals surface area contributed by atoms with Gasteiger partial charge in [0.25, 0.3) is 0 Å². The number of anilines is 1. The Morgan fingerprint density at radius 1 is 1.28 bits per heavy atom. The molecule has 0 spiro atoms. The Morgan fingerprint density at radius 2 is 2.14 bits per heavy atom. The summed E-state index contributed by atoms with van der Waals surface area (Å²) in [7, 11) is 0. The monoisotopic (exact) mass is 412 g/mol. The molecule has 154 valence electrons. The van der Waals surface area contributed by atoms with Crippen molar-refractivity contribution in [2.24, 2.45) is 0 Å². The number of nitrogens with one attached hydrogen (secondary N) is 1. The molecule has 0 aromatic carbocycles. The zero-order valence-corrected chi connectivity index (χ0v) is 18.4. The lowest BCUT2D eigenvalue weighted by Crippen LogP contribution is -2.32. The van der Waals surface area contributed by atoms with E-state index in [2.05, 4.69) is 43.0 Å². The van der Waals surface area contributed by atoms with Gasteiger partial charge >= 0.3 is 0 Å². The standard InChI is InChI=1S/C22H28N4O2S/c1-12(2)17-15-10-28-22(3,4)8-14(15)16-18-19(29-21(16)26-17)20(25-11-24-18)23-9-13-6-5-7-27-13/h11-13H,5-10H2,1-4H3,(H,23,24,25)/t13-/m1/s1. The highest BCUT2D eigenvalue weighted by Crippen LogP contribution is 2.43. The lowest BCUT2D eigenvalue weighted by Gasteiger charge is -2.33. The van der Waals surface area contributed by atoms with Crippen LogP contribution in [0.25, 0.3) is 20.4 Å². The number of hydrogen-bond donors (Lipinski definition) is 1. The van der Waals surface area contributed by atoms with Gasteiger partial charge in [-0.15, -0.1) is 11.3 Å². The zero-order valence-electron chi connectivity index (χ0n) is 17.5. The summed E-state index contributed by atoms with van der Waals surface area (Å²) in [4.78, 5) is 15.4. The van der Waals surface area contributed by atoms with Gasteiger partial charge in [0.15, 0.2) is 0 Å². The van der Waals surface area contributed by atoms with Gasteiger partial charge in [-0.05, 0) is 38.2 Å². The van der Waals surface area contributed by atoms with E-state index in [0.29, 0.717) is 12.5 Å². The normalized spacial score (nSPS) is 21.2. The number of rotatable bonds is 4. The van der Waals surface area contributed by atoms with Gasteiger partial charge in [-0.1, -0.05) is 13.8 Å². The largest absolute Gasteiger partial charge is 0.376 e. The Balaban J connectivity index is 1.66. The summed E-state index contributed by atoms with van der Waals surface area (Å²) in [6, 6.07) is 0. The van der Waals surface area contributed by atoms with Crippen LogP contribution in [0.15, 0.2) is 6.33 Å². The SMILES string of the molecule is CC(C)c1nc2sc3c(NC[C@H]4CCCO4)ncnc3c2c2c1COC(C)(C)C2. The first kappa shape index (κ1) is 19.2. The summed E-state index contributed by atoms with van der Waals surface area (Å²) in [6.07, 6.45) is 5.05. The van der Waals surface area contributed by atoms with Crippen molar-refractivity contribution < 1.29 is 9.47 Å². The molecule has 1 fully saturated rings. The molecule has 1 N–H and O–H groups in total. The van der Waals surface area contributed by atoms with E-state index in [-0.39, 0.29) is 11.7 Å². The average molecular weight is 413 g/mol. The molecule has 7 heteroatoms. The number of aromatic nitrogens is 3. The molecule has 5 heterocycles. The third kappa shape index (κ3) is 3.39. The molecular formula is C22H28N4O2S. The molecule has 0 amide bonds. The Labute approximate surface area is 175 Å². The maximum atomic E-state index is 6.14. The molecule has 0 saturated carbocycles. The van der Waals surface area contributed by atoms with Crippen molar-refractivity contribution in [2.75, 3.05) is 18.5 Å². The van der Waals surface area contributed by atoms with E-state index in [1.165, 1.54) is 16.5 Å². The van der Waals surface area contributed by atoms with Crippen LogP contribution in [0.2, 0.25) is 0 Å². The highest BCUT2D eigenvalue weighted by Gasteiger charge is 2.32. The highest BCUT2D eigenvalue weighted by atomic mass is 32.1. The third-order valence-corrected chi connectivity index (χ3v) is 7.01. The Bertz CT molecular complexity index is 1070. The van der Waals surface area contributed by atoms with E-state index in [1.807, 2.05) is 0 Å². The van der Waals surface area contributed by atoms with Crippen molar-refractivity contribution in [3.8, 4) is 0 Å². The van der Waals surface area contributed by atoms with E-state index in [0.717, 1.165) is 59.0 Å². The number of thiophene rings is 1. The smallest absolute Gasteiger partial charge is 0.147 e. The van der Waals surface area contributed by atoms with E-state index in [4.69, 9.17) is 14.5 Å². The Hall–Kier alpha value is -1.83. The molecular weight excluding hydrogens is 384 g/mol. The summed E-state index contributed by atoms with van der Waals surface area (Å²) in [5.74, 6) is 1.24. The number of hydrogen-bond acceptors (Lipinski definition) is 7. The lowest BCUT2D eigenvalue weighted by molar-refractivity contribution is -0.0402. The van der Waals surface area contributed by atoms with Crippen molar-refractivity contribution in [2.45, 2.75) is 71.2 Å². The summed E-state index contributed by atoms with van der Waals surface area (Å²) < 4.78 is 13.0. The number of pyridine rings is 1. The van der Waals surface area contributed by atoms with Crippen molar-refractivity contribution >= 4 is 37.6 Å². The quantitative estimate of drug-likeness (QED) is 0.663. The first-order valence-corrected chi connectivity index (χ1v) is 11.3. The van der Waals surface area contributed by atoms with Crippen LogP contribution in [0.3, 0.4) is 0 Å². The van der Waals surface area contributed by atoms with Crippen LogP contribution < -0.4 is 5.32 Å². The maximum Gasteiger partial charge on any atom is 0.147 e. The van der Waals surface area contributed by atoms with Crippen molar-refractivity contribution in [1.29, 1.82) is 0 Å². The number of ether oxygens (including phenoxy) is 2. The van der Waals surface area contributed by atoms with Gasteiger partial charge in [0.2, 0.25) is 0 Å². The van der Waals surface area contributed by atoms with Crippen LogP contribution in [0.5, 0.6) is 0 Å². The highest BCUT2D eigenvalue weighted by molar-refractivity contribution is 7.26. The van der Waals surface area contributed by atoms with Crippen LogP contribution in [-0.4, -0.2) is 39.8 Å². The predicted octanol–water partition coefficient (Wildman–Crippen LogP) is 4.81. The second-order valence-electron chi connectivity index (χ2n) is 9.03.